The lowest BCUT2D eigenvalue weighted by Gasteiger charge is -2.17. The molecule has 0 aromatic carbocycles. The number of thiophene rings is 1. The monoisotopic (exact) mass is 395 g/mol. The highest BCUT2D eigenvalue weighted by atomic mass is 32.1. The Morgan fingerprint density at radius 1 is 1.21 bits per heavy atom. The fourth-order valence-corrected chi connectivity index (χ4v) is 4.80. The van der Waals surface area contributed by atoms with Crippen LogP contribution in [0.15, 0.2) is 30.6 Å². The van der Waals surface area contributed by atoms with Crippen LogP contribution < -0.4 is 0 Å². The van der Waals surface area contributed by atoms with Gasteiger partial charge in [0.05, 0.1) is 4.88 Å². The van der Waals surface area contributed by atoms with E-state index >= 15 is 0 Å². The van der Waals surface area contributed by atoms with Crippen LogP contribution in [0.5, 0.6) is 0 Å². The van der Waals surface area contributed by atoms with Gasteiger partial charge in [0.25, 0.3) is 11.8 Å². The number of rotatable bonds is 3. The maximum Gasteiger partial charge on any atom is 0.272 e. The minimum atomic E-state index is -0.0719. The molecule has 0 saturated carbocycles. The molecule has 3 aromatic rings. The van der Waals surface area contributed by atoms with E-state index < -0.39 is 0 Å². The van der Waals surface area contributed by atoms with Crippen molar-refractivity contribution in [3.63, 3.8) is 0 Å². The molecule has 144 valence electrons. The average Bonchev–Trinajstić information content (AvgIpc) is 3.31. The average molecular weight is 395 g/mol. The number of likely N-dealkylation sites (tertiary alicyclic amines) is 1. The van der Waals surface area contributed by atoms with E-state index in [0.29, 0.717) is 23.7 Å². The molecular formula is C20H21N5O2S. The Morgan fingerprint density at radius 2 is 2.00 bits per heavy atom. The van der Waals surface area contributed by atoms with Crippen molar-refractivity contribution in [2.24, 2.45) is 0 Å². The van der Waals surface area contributed by atoms with Gasteiger partial charge in [-0.05, 0) is 25.5 Å². The molecular weight excluding hydrogens is 374 g/mol. The number of aromatic nitrogens is 3. The molecule has 1 unspecified atom stereocenters. The zero-order valence-corrected chi connectivity index (χ0v) is 16.9. The smallest absolute Gasteiger partial charge is 0.272 e. The number of pyridine rings is 1. The number of fused-ring (bicyclic) bond motifs is 1. The Morgan fingerprint density at radius 3 is 2.75 bits per heavy atom. The van der Waals surface area contributed by atoms with E-state index in [9.17, 15) is 9.59 Å². The summed E-state index contributed by atoms with van der Waals surface area (Å²) in [6, 6.07) is 5.47. The SMILES string of the molecule is Cc1cccc(C(=O)N2CCC(c3c(C(=O)N(C)C)sc4nccnc34)C2)n1. The van der Waals surface area contributed by atoms with Crippen molar-refractivity contribution < 1.29 is 9.59 Å². The van der Waals surface area contributed by atoms with E-state index in [1.807, 2.05) is 24.0 Å². The summed E-state index contributed by atoms with van der Waals surface area (Å²) in [5.41, 5.74) is 2.96. The van der Waals surface area contributed by atoms with Crippen LogP contribution in [0.2, 0.25) is 0 Å². The van der Waals surface area contributed by atoms with Crippen LogP contribution in [-0.2, 0) is 0 Å². The van der Waals surface area contributed by atoms with Gasteiger partial charge in [0, 0.05) is 56.8 Å². The zero-order chi connectivity index (χ0) is 19.8. The third-order valence-corrected chi connectivity index (χ3v) is 6.05. The molecule has 1 aliphatic heterocycles. The second-order valence-corrected chi connectivity index (χ2v) is 8.15. The van der Waals surface area contributed by atoms with Gasteiger partial charge in [-0.1, -0.05) is 6.07 Å². The number of nitrogens with zero attached hydrogens (tertiary/aromatic N) is 5. The Labute approximate surface area is 167 Å². The second-order valence-electron chi connectivity index (χ2n) is 7.16. The van der Waals surface area contributed by atoms with Crippen molar-refractivity contribution in [1.82, 2.24) is 24.8 Å². The largest absolute Gasteiger partial charge is 0.344 e. The molecule has 1 fully saturated rings. The lowest BCUT2D eigenvalue weighted by atomic mass is 9.97. The predicted molar refractivity (Wildman–Crippen MR) is 108 cm³/mol. The van der Waals surface area contributed by atoms with Gasteiger partial charge in [-0.2, -0.15) is 0 Å². The van der Waals surface area contributed by atoms with Gasteiger partial charge >= 0.3 is 0 Å². The summed E-state index contributed by atoms with van der Waals surface area (Å²) in [5, 5.41) is 0. The van der Waals surface area contributed by atoms with Crippen molar-refractivity contribution in [1.29, 1.82) is 0 Å². The highest BCUT2D eigenvalue weighted by Gasteiger charge is 2.34. The Bertz CT molecular complexity index is 1060. The molecule has 0 N–H and O–H groups in total. The Balaban J connectivity index is 1.67. The van der Waals surface area contributed by atoms with E-state index in [1.54, 1.807) is 37.5 Å². The van der Waals surface area contributed by atoms with Crippen molar-refractivity contribution in [3.05, 3.63) is 52.4 Å². The van der Waals surface area contributed by atoms with Gasteiger partial charge in [0.15, 0.2) is 0 Å². The third-order valence-electron chi connectivity index (χ3n) is 4.95. The van der Waals surface area contributed by atoms with Gasteiger partial charge in [0.2, 0.25) is 0 Å². The fraction of sp³-hybridized carbons (Fsp3) is 0.350. The Hall–Kier alpha value is -2.87. The Kier molecular flexibility index (Phi) is 4.80. The van der Waals surface area contributed by atoms with Crippen molar-refractivity contribution in [2.45, 2.75) is 19.3 Å². The summed E-state index contributed by atoms with van der Waals surface area (Å²) >= 11 is 1.37. The quantitative estimate of drug-likeness (QED) is 0.681. The molecule has 7 nitrogen and oxygen atoms in total. The van der Waals surface area contributed by atoms with E-state index in [0.717, 1.165) is 28.0 Å². The molecule has 8 heteroatoms. The molecule has 3 aromatic heterocycles. The summed E-state index contributed by atoms with van der Waals surface area (Å²) in [5.74, 6) is -0.0691. The first-order valence-electron chi connectivity index (χ1n) is 9.13. The van der Waals surface area contributed by atoms with Crippen LogP contribution in [0.4, 0.5) is 0 Å². The summed E-state index contributed by atoms with van der Waals surface area (Å²) in [4.78, 5) is 43.7. The van der Waals surface area contributed by atoms with Crippen LogP contribution in [0, 0.1) is 6.92 Å². The van der Waals surface area contributed by atoms with Crippen LogP contribution >= 0.6 is 11.3 Å². The van der Waals surface area contributed by atoms with Gasteiger partial charge < -0.3 is 9.80 Å². The molecule has 4 heterocycles. The fourth-order valence-electron chi connectivity index (χ4n) is 3.59. The summed E-state index contributed by atoms with van der Waals surface area (Å²) in [6.07, 6.45) is 4.07. The minimum absolute atomic E-state index is 0.0510. The molecule has 1 aliphatic rings. The van der Waals surface area contributed by atoms with E-state index in [-0.39, 0.29) is 17.7 Å². The van der Waals surface area contributed by atoms with E-state index in [1.165, 1.54) is 11.3 Å². The van der Waals surface area contributed by atoms with Crippen molar-refractivity contribution in [2.75, 3.05) is 27.2 Å². The van der Waals surface area contributed by atoms with Crippen LogP contribution in [0.25, 0.3) is 10.3 Å². The maximum absolute atomic E-state index is 12.9. The van der Waals surface area contributed by atoms with Crippen molar-refractivity contribution >= 4 is 33.5 Å². The van der Waals surface area contributed by atoms with Crippen LogP contribution in [-0.4, -0.2) is 63.8 Å². The minimum Gasteiger partial charge on any atom is -0.344 e. The lowest BCUT2D eigenvalue weighted by Crippen LogP contribution is -2.29. The molecule has 0 spiro atoms. The standard InChI is InChI=1S/C20H21N5O2S/c1-12-5-4-6-14(23-12)19(26)25-10-7-13(11-25)15-16-18(22-9-8-21-16)28-17(15)20(27)24(2)3/h4-6,8-9,13H,7,10-11H2,1-3H3. The first-order chi connectivity index (χ1) is 13.5. The summed E-state index contributed by atoms with van der Waals surface area (Å²) < 4.78 is 0. The number of hydrogen-bond donors (Lipinski definition) is 0. The van der Waals surface area contributed by atoms with Gasteiger partial charge in [-0.15, -0.1) is 11.3 Å². The summed E-state index contributed by atoms with van der Waals surface area (Å²) in [6.45, 7) is 3.05. The highest BCUT2D eigenvalue weighted by molar-refractivity contribution is 7.20. The molecule has 4 rings (SSSR count). The molecule has 1 saturated heterocycles. The zero-order valence-electron chi connectivity index (χ0n) is 16.0. The third kappa shape index (κ3) is 3.24. The number of amides is 2. The van der Waals surface area contributed by atoms with Gasteiger partial charge in [-0.25, -0.2) is 9.97 Å². The first-order valence-corrected chi connectivity index (χ1v) is 9.95. The topological polar surface area (TPSA) is 79.3 Å². The number of hydrogen-bond acceptors (Lipinski definition) is 6. The van der Waals surface area contributed by atoms with Crippen LogP contribution in [0.1, 0.15) is 43.8 Å². The normalized spacial score (nSPS) is 16.5. The van der Waals surface area contributed by atoms with Gasteiger partial charge in [-0.3, -0.25) is 14.6 Å². The second kappa shape index (κ2) is 7.27. The number of carbonyl (C=O) groups is 2. The van der Waals surface area contributed by atoms with Gasteiger partial charge in [0.1, 0.15) is 16.0 Å². The van der Waals surface area contributed by atoms with E-state index in [2.05, 4.69) is 15.0 Å². The molecule has 2 amide bonds. The molecule has 0 aliphatic carbocycles. The van der Waals surface area contributed by atoms with E-state index in [4.69, 9.17) is 0 Å². The lowest BCUT2D eigenvalue weighted by molar-refractivity contribution is 0.0784. The van der Waals surface area contributed by atoms with Crippen LogP contribution in [0.3, 0.4) is 0 Å². The number of aryl methyl sites for hydroxylation is 1. The molecule has 0 radical (unpaired) electrons. The molecule has 0 bridgehead atoms. The maximum atomic E-state index is 12.9. The molecule has 1 atom stereocenters. The number of carbonyl (C=O) groups excluding carboxylic acids is 2. The van der Waals surface area contributed by atoms with Crippen molar-refractivity contribution in [3.8, 4) is 0 Å². The first kappa shape index (κ1) is 18.5. The summed E-state index contributed by atoms with van der Waals surface area (Å²) in [7, 11) is 3.48. The highest BCUT2D eigenvalue weighted by Crippen LogP contribution is 2.39. The molecule has 28 heavy (non-hydrogen) atoms. The predicted octanol–water partition coefficient (Wildman–Crippen LogP) is 2.73.